The topological polar surface area (TPSA) is 122 Å². The van der Waals surface area contributed by atoms with Crippen molar-refractivity contribution < 1.29 is 24.2 Å². The molecule has 0 fully saturated rings. The number of aliphatic carboxylic acids is 1. The van der Waals surface area contributed by atoms with Crippen LogP contribution in [0.4, 0.5) is 10.5 Å². The number of carbonyl (C=O) groups excluding carboxylic acids is 2. The molecule has 9 heteroatoms. The van der Waals surface area contributed by atoms with Crippen LogP contribution >= 0.6 is 15.9 Å². The van der Waals surface area contributed by atoms with Crippen molar-refractivity contribution in [2.24, 2.45) is 5.73 Å². The van der Waals surface area contributed by atoms with Gasteiger partial charge in [0.05, 0.1) is 11.6 Å². The number of nitrogens with zero attached hydrogens (tertiary/aromatic N) is 1. The summed E-state index contributed by atoms with van der Waals surface area (Å²) in [6.07, 6.45) is 0. The minimum absolute atomic E-state index is 0.389. The normalized spacial score (nSPS) is 9.81. The number of halogens is 1. The number of primary amides is 1. The fraction of sp³-hybridized carbons (Fsp3) is 0.250. The van der Waals surface area contributed by atoms with Gasteiger partial charge in [0.15, 0.2) is 0 Å². The van der Waals surface area contributed by atoms with Gasteiger partial charge in [0.2, 0.25) is 5.91 Å². The highest BCUT2D eigenvalue weighted by Gasteiger charge is 2.19. The van der Waals surface area contributed by atoms with E-state index in [1.165, 1.54) is 7.11 Å². The van der Waals surface area contributed by atoms with Gasteiger partial charge in [0, 0.05) is 11.8 Å². The smallest absolute Gasteiger partial charge is 0.323 e. The van der Waals surface area contributed by atoms with Crippen molar-refractivity contribution in [3.63, 3.8) is 0 Å². The number of hydrogen-bond donors (Lipinski definition) is 3. The lowest BCUT2D eigenvalue weighted by molar-refractivity contribution is -0.137. The molecule has 1 aromatic rings. The Bertz CT molecular complexity index is 548. The van der Waals surface area contributed by atoms with Gasteiger partial charge >= 0.3 is 12.0 Å². The molecule has 0 spiro atoms. The molecule has 0 aliphatic carbocycles. The first-order valence-corrected chi connectivity index (χ1v) is 6.52. The largest absolute Gasteiger partial charge is 0.495 e. The summed E-state index contributed by atoms with van der Waals surface area (Å²) in [6, 6.07) is 4.05. The van der Waals surface area contributed by atoms with E-state index in [-0.39, 0.29) is 0 Å². The van der Waals surface area contributed by atoms with Crippen LogP contribution in [-0.4, -0.2) is 48.1 Å². The van der Waals surface area contributed by atoms with Crippen molar-refractivity contribution in [2.45, 2.75) is 0 Å². The number of carbonyl (C=O) groups is 3. The van der Waals surface area contributed by atoms with Gasteiger partial charge in [-0.05, 0) is 28.1 Å². The summed E-state index contributed by atoms with van der Waals surface area (Å²) in [5.41, 5.74) is 5.37. The van der Waals surface area contributed by atoms with Crippen LogP contribution in [0.3, 0.4) is 0 Å². The molecule has 0 unspecified atom stereocenters. The monoisotopic (exact) mass is 359 g/mol. The van der Waals surface area contributed by atoms with E-state index in [4.69, 9.17) is 15.6 Å². The fourth-order valence-electron chi connectivity index (χ4n) is 1.49. The summed E-state index contributed by atoms with van der Waals surface area (Å²) < 4.78 is 5.77. The highest BCUT2D eigenvalue weighted by molar-refractivity contribution is 9.10. The van der Waals surface area contributed by atoms with Crippen molar-refractivity contribution in [3.8, 4) is 5.75 Å². The van der Waals surface area contributed by atoms with Crippen LogP contribution in [0.15, 0.2) is 22.7 Å². The summed E-state index contributed by atoms with van der Waals surface area (Å²) in [4.78, 5) is 34.3. The van der Waals surface area contributed by atoms with Gasteiger partial charge in [-0.3, -0.25) is 9.59 Å². The first-order chi connectivity index (χ1) is 9.83. The van der Waals surface area contributed by atoms with Gasteiger partial charge in [-0.15, -0.1) is 0 Å². The molecule has 0 aromatic heterocycles. The Morgan fingerprint density at radius 1 is 1.38 bits per heavy atom. The number of carboxylic acids is 1. The summed E-state index contributed by atoms with van der Waals surface area (Å²) in [5.74, 6) is -1.56. The summed E-state index contributed by atoms with van der Waals surface area (Å²) in [6.45, 7) is -1.13. The third-order valence-corrected chi connectivity index (χ3v) is 3.02. The highest BCUT2D eigenvalue weighted by atomic mass is 79.9. The van der Waals surface area contributed by atoms with E-state index in [9.17, 15) is 14.4 Å². The zero-order valence-electron chi connectivity index (χ0n) is 11.1. The number of anilines is 1. The van der Waals surface area contributed by atoms with E-state index < -0.39 is 31.0 Å². The summed E-state index contributed by atoms with van der Waals surface area (Å²) in [7, 11) is 1.47. The number of ether oxygens (including phenoxy) is 1. The lowest BCUT2D eigenvalue weighted by Gasteiger charge is -2.19. The molecule has 0 aliphatic rings. The van der Waals surface area contributed by atoms with Crippen LogP contribution in [0.5, 0.6) is 5.75 Å². The number of nitrogens with two attached hydrogens (primary N) is 1. The number of rotatable bonds is 6. The number of nitrogens with one attached hydrogen (secondary N) is 1. The molecular weight excluding hydrogens is 346 g/mol. The molecule has 1 rings (SSSR count). The van der Waals surface area contributed by atoms with E-state index in [0.717, 1.165) is 4.90 Å². The SMILES string of the molecule is COc1cc(NC(=O)N(CC(N)=O)CC(=O)O)ccc1Br. The molecule has 21 heavy (non-hydrogen) atoms. The predicted molar refractivity (Wildman–Crippen MR) is 78.1 cm³/mol. The lowest BCUT2D eigenvalue weighted by Crippen LogP contribution is -2.43. The van der Waals surface area contributed by atoms with Gasteiger partial charge in [0.25, 0.3) is 0 Å². The Labute approximate surface area is 129 Å². The Hall–Kier alpha value is -2.29. The van der Waals surface area contributed by atoms with E-state index in [0.29, 0.717) is 15.9 Å². The minimum Gasteiger partial charge on any atom is -0.495 e. The molecule has 0 saturated heterocycles. The Balaban J connectivity index is 2.85. The molecular formula is C12H14BrN3O5. The maximum atomic E-state index is 12.0. The minimum atomic E-state index is -1.25. The molecule has 0 radical (unpaired) electrons. The molecule has 114 valence electrons. The van der Waals surface area contributed by atoms with Crippen LogP contribution in [0.25, 0.3) is 0 Å². The van der Waals surface area contributed by atoms with Crippen LogP contribution in [0.1, 0.15) is 0 Å². The van der Waals surface area contributed by atoms with Crippen LogP contribution < -0.4 is 15.8 Å². The average Bonchev–Trinajstić information content (AvgIpc) is 2.39. The lowest BCUT2D eigenvalue weighted by atomic mass is 10.3. The third-order valence-electron chi connectivity index (χ3n) is 2.36. The van der Waals surface area contributed by atoms with E-state index in [2.05, 4.69) is 21.2 Å². The fourth-order valence-corrected chi connectivity index (χ4v) is 1.90. The highest BCUT2D eigenvalue weighted by Crippen LogP contribution is 2.27. The van der Waals surface area contributed by atoms with Gasteiger partial charge in [-0.2, -0.15) is 0 Å². The predicted octanol–water partition coefficient (Wildman–Crippen LogP) is 0.861. The van der Waals surface area contributed by atoms with Gasteiger partial charge in [-0.1, -0.05) is 0 Å². The molecule has 8 nitrogen and oxygen atoms in total. The molecule has 0 heterocycles. The first kappa shape index (κ1) is 16.8. The van der Waals surface area contributed by atoms with Crippen LogP contribution in [-0.2, 0) is 9.59 Å². The second-order valence-electron chi connectivity index (χ2n) is 4.00. The first-order valence-electron chi connectivity index (χ1n) is 5.73. The molecule has 1 aromatic carbocycles. The number of amides is 3. The second kappa shape index (κ2) is 7.48. The van der Waals surface area contributed by atoms with E-state index >= 15 is 0 Å². The average molecular weight is 360 g/mol. The number of urea groups is 1. The summed E-state index contributed by atoms with van der Waals surface area (Å²) in [5, 5.41) is 11.2. The van der Waals surface area contributed by atoms with Crippen molar-refractivity contribution in [1.29, 1.82) is 0 Å². The third kappa shape index (κ3) is 5.30. The van der Waals surface area contributed by atoms with Crippen LogP contribution in [0, 0.1) is 0 Å². The van der Waals surface area contributed by atoms with Crippen molar-refractivity contribution >= 4 is 39.5 Å². The number of methoxy groups -OCH3 is 1. The maximum Gasteiger partial charge on any atom is 0.323 e. The zero-order valence-corrected chi connectivity index (χ0v) is 12.7. The maximum absolute atomic E-state index is 12.0. The zero-order chi connectivity index (χ0) is 16.0. The molecule has 4 N–H and O–H groups in total. The Morgan fingerprint density at radius 2 is 2.05 bits per heavy atom. The number of carboxylic acid groups (broad SMARTS) is 1. The molecule has 0 atom stereocenters. The number of hydrogen-bond acceptors (Lipinski definition) is 4. The molecule has 0 aliphatic heterocycles. The summed E-state index contributed by atoms with van der Waals surface area (Å²) >= 11 is 3.26. The standard InChI is InChI=1S/C12H14BrN3O5/c1-21-9-4-7(2-3-8(9)13)15-12(20)16(5-10(14)17)6-11(18)19/h2-4H,5-6H2,1H3,(H2,14,17)(H,15,20)(H,18,19). The Kier molecular flexibility index (Phi) is 5.97. The van der Waals surface area contributed by atoms with E-state index in [1.807, 2.05) is 0 Å². The van der Waals surface area contributed by atoms with Crippen molar-refractivity contribution in [1.82, 2.24) is 4.90 Å². The van der Waals surface area contributed by atoms with Gasteiger partial charge < -0.3 is 25.8 Å². The second-order valence-corrected chi connectivity index (χ2v) is 4.85. The molecule has 0 saturated carbocycles. The van der Waals surface area contributed by atoms with Crippen molar-refractivity contribution in [2.75, 3.05) is 25.5 Å². The quantitative estimate of drug-likeness (QED) is 0.695. The molecule has 0 bridgehead atoms. The number of benzene rings is 1. The van der Waals surface area contributed by atoms with Gasteiger partial charge in [0.1, 0.15) is 18.8 Å². The Morgan fingerprint density at radius 3 is 2.57 bits per heavy atom. The molecule has 3 amide bonds. The van der Waals surface area contributed by atoms with E-state index in [1.54, 1.807) is 18.2 Å². The van der Waals surface area contributed by atoms with Gasteiger partial charge in [-0.25, -0.2) is 4.79 Å². The van der Waals surface area contributed by atoms with Crippen LogP contribution in [0.2, 0.25) is 0 Å². The van der Waals surface area contributed by atoms with Crippen molar-refractivity contribution in [3.05, 3.63) is 22.7 Å².